The molecule has 5 rings (SSSR count). The van der Waals surface area contributed by atoms with Crippen molar-refractivity contribution in [2.75, 3.05) is 33.2 Å². The molecule has 2 N–H and O–H groups in total. The van der Waals surface area contributed by atoms with Crippen molar-refractivity contribution in [3.63, 3.8) is 0 Å². The molecule has 2 aliphatic heterocycles. The number of amides is 4. The molecule has 2 aliphatic rings. The average molecular weight is 942 g/mol. The molecular weight excluding hydrogens is 903 g/mol. The van der Waals surface area contributed by atoms with Crippen LogP contribution in [0.15, 0.2) is 53.9 Å². The molecule has 0 saturated carbocycles. The highest BCUT2D eigenvalue weighted by molar-refractivity contribution is 9.10. The van der Waals surface area contributed by atoms with Crippen LogP contribution in [0.3, 0.4) is 0 Å². The quantitative estimate of drug-likeness (QED) is 0.160. The lowest BCUT2D eigenvalue weighted by molar-refractivity contribution is -0.208. The van der Waals surface area contributed by atoms with Gasteiger partial charge in [-0.2, -0.15) is 26.3 Å². The van der Waals surface area contributed by atoms with Gasteiger partial charge in [0.15, 0.2) is 0 Å². The van der Waals surface area contributed by atoms with Crippen LogP contribution in [-0.2, 0) is 14.3 Å². The SMILES string of the molecule is C=CC(=O)N1C[C@H](c2cc(Cl)nc(-c3cc(C(=O)NC)ncn3)c2)N(C(C)=O)[C@@H](C(F)(F)F)C1.CC(C)(C)OC(=O)N1C[C@H](c2cc(Cl)nc(Br)c2)N[C@@H](C(F)(F)F)C1. The van der Waals surface area contributed by atoms with Crippen LogP contribution in [0, 0.1) is 0 Å². The van der Waals surface area contributed by atoms with Gasteiger partial charge in [-0.25, -0.2) is 24.7 Å². The van der Waals surface area contributed by atoms with Gasteiger partial charge in [0, 0.05) is 33.6 Å². The number of nitrogens with zero attached hydrogens (tertiary/aromatic N) is 7. The normalized spacial score (nSPS) is 19.9. The van der Waals surface area contributed by atoms with Crippen molar-refractivity contribution in [1.82, 2.24) is 45.3 Å². The maximum absolute atomic E-state index is 13.9. The molecule has 4 amide bonds. The molecule has 0 spiro atoms. The zero-order chi connectivity index (χ0) is 44.2. The summed E-state index contributed by atoms with van der Waals surface area (Å²) in [5.41, 5.74) is 0.284. The first-order valence-corrected chi connectivity index (χ1v) is 19.0. The molecule has 320 valence electrons. The number of pyridine rings is 2. The fraction of sp³-hybridized carbons (Fsp3) is 0.444. The molecular formula is C36H38BrCl2F6N9O5. The summed E-state index contributed by atoms with van der Waals surface area (Å²) < 4.78 is 87.2. The minimum Gasteiger partial charge on any atom is -0.444 e. The van der Waals surface area contributed by atoms with E-state index in [1.807, 2.05) is 0 Å². The third-order valence-corrected chi connectivity index (χ3v) is 9.51. The van der Waals surface area contributed by atoms with Crippen LogP contribution in [-0.4, -0.2) is 122 Å². The maximum Gasteiger partial charge on any atom is 0.410 e. The lowest BCUT2D eigenvalue weighted by atomic mass is 9.97. The third kappa shape index (κ3) is 12.5. The Bertz CT molecular complexity index is 2050. The average Bonchev–Trinajstić information content (AvgIpc) is 3.14. The number of hydrogen-bond donors (Lipinski definition) is 2. The number of hydrogen-bond acceptors (Lipinski definition) is 10. The van der Waals surface area contributed by atoms with Crippen molar-refractivity contribution in [1.29, 1.82) is 0 Å². The van der Waals surface area contributed by atoms with Gasteiger partial charge in [-0.1, -0.05) is 29.8 Å². The van der Waals surface area contributed by atoms with E-state index in [1.54, 1.807) is 26.8 Å². The molecule has 0 unspecified atom stereocenters. The van der Waals surface area contributed by atoms with Crippen LogP contribution in [0.5, 0.6) is 0 Å². The summed E-state index contributed by atoms with van der Waals surface area (Å²) in [4.78, 5) is 67.5. The second-order valence-corrected chi connectivity index (χ2v) is 15.8. The second kappa shape index (κ2) is 18.8. The Morgan fingerprint density at radius 1 is 0.881 bits per heavy atom. The molecule has 3 aromatic rings. The first-order valence-electron chi connectivity index (χ1n) is 17.4. The van der Waals surface area contributed by atoms with Gasteiger partial charge in [-0.05, 0) is 84.2 Å². The first-order chi connectivity index (χ1) is 27.3. The number of nitrogens with one attached hydrogen (secondary N) is 2. The van der Waals surface area contributed by atoms with E-state index in [9.17, 15) is 45.5 Å². The molecule has 14 nitrogen and oxygen atoms in total. The largest absolute Gasteiger partial charge is 0.444 e. The number of alkyl halides is 6. The van der Waals surface area contributed by atoms with Crippen molar-refractivity contribution in [3.05, 3.63) is 81.0 Å². The zero-order valence-electron chi connectivity index (χ0n) is 32.0. The predicted octanol–water partition coefficient (Wildman–Crippen LogP) is 6.71. The first kappa shape index (κ1) is 47.1. The Balaban J connectivity index is 0.000000273. The lowest BCUT2D eigenvalue weighted by Crippen LogP contribution is -2.62. The van der Waals surface area contributed by atoms with Gasteiger partial charge in [0.2, 0.25) is 11.8 Å². The van der Waals surface area contributed by atoms with E-state index in [2.05, 4.69) is 53.1 Å². The third-order valence-electron chi connectivity index (χ3n) is 8.72. The summed E-state index contributed by atoms with van der Waals surface area (Å²) in [6.45, 7) is 7.90. The molecule has 0 bridgehead atoms. The van der Waals surface area contributed by atoms with Gasteiger partial charge in [0.1, 0.15) is 44.6 Å². The topological polar surface area (TPSA) is 163 Å². The zero-order valence-corrected chi connectivity index (χ0v) is 35.1. The summed E-state index contributed by atoms with van der Waals surface area (Å²) in [7, 11) is 1.42. The van der Waals surface area contributed by atoms with E-state index >= 15 is 0 Å². The minimum atomic E-state index is -4.79. The van der Waals surface area contributed by atoms with Gasteiger partial charge in [0.05, 0.1) is 30.0 Å². The van der Waals surface area contributed by atoms with E-state index in [0.717, 1.165) is 29.1 Å². The van der Waals surface area contributed by atoms with Crippen molar-refractivity contribution in [2.24, 2.45) is 0 Å². The van der Waals surface area contributed by atoms with Crippen molar-refractivity contribution in [2.45, 2.75) is 69.8 Å². The smallest absolute Gasteiger partial charge is 0.410 e. The van der Waals surface area contributed by atoms with E-state index in [-0.39, 0.29) is 46.0 Å². The van der Waals surface area contributed by atoms with E-state index in [4.69, 9.17) is 27.9 Å². The van der Waals surface area contributed by atoms with Crippen molar-refractivity contribution in [3.8, 4) is 11.4 Å². The number of ether oxygens (including phenoxy) is 1. The summed E-state index contributed by atoms with van der Waals surface area (Å²) in [5, 5.41) is 5.02. The molecule has 0 aliphatic carbocycles. The monoisotopic (exact) mass is 939 g/mol. The molecule has 4 atom stereocenters. The number of carbonyl (C=O) groups excluding carboxylic acids is 4. The Morgan fingerprint density at radius 3 is 2.08 bits per heavy atom. The molecule has 23 heteroatoms. The Morgan fingerprint density at radius 2 is 1.53 bits per heavy atom. The minimum absolute atomic E-state index is 0.0221. The summed E-state index contributed by atoms with van der Waals surface area (Å²) >= 11 is 15.2. The Labute approximate surface area is 352 Å². The molecule has 2 saturated heterocycles. The van der Waals surface area contributed by atoms with Crippen LogP contribution in [0.2, 0.25) is 10.3 Å². The molecule has 0 aromatic carbocycles. The van der Waals surface area contributed by atoms with Gasteiger partial charge in [-0.15, -0.1) is 0 Å². The van der Waals surface area contributed by atoms with Gasteiger partial charge >= 0.3 is 18.4 Å². The number of carbonyl (C=O) groups is 4. The molecule has 2 fully saturated rings. The standard InChI is InChI=1S/C21H20ClF3N6O3.C15H18BrClF3N3O2/c1-4-19(33)30-8-16(31(11(2)32)17(9-30)21(23,24)25)12-5-14(29-18(22)6-12)13-7-15(20(34)26-3)28-10-27-13;1-14(2,3)25-13(24)23-6-9(21-10(7-23)15(18,19)20)8-4-11(16)22-12(17)5-8/h4-7,10,16-17H,1,8-9H2,2-3H3,(H,26,34);4-5,9-10,21H,6-7H2,1-3H3/t16-,17-;9-,10-/m11/s1. The fourth-order valence-electron chi connectivity index (χ4n) is 6.17. The summed E-state index contributed by atoms with van der Waals surface area (Å²) in [6, 6.07) is 1.07. The highest BCUT2D eigenvalue weighted by Crippen LogP contribution is 2.38. The molecule has 3 aromatic heterocycles. The lowest BCUT2D eigenvalue weighted by Gasteiger charge is -2.46. The summed E-state index contributed by atoms with van der Waals surface area (Å²) in [6.07, 6.45) is -8.03. The molecule has 5 heterocycles. The number of piperazine rings is 2. The van der Waals surface area contributed by atoms with Gasteiger partial charge in [0.25, 0.3) is 5.91 Å². The van der Waals surface area contributed by atoms with Crippen molar-refractivity contribution >= 4 is 62.9 Å². The van der Waals surface area contributed by atoms with Crippen LogP contribution >= 0.6 is 39.1 Å². The summed E-state index contributed by atoms with van der Waals surface area (Å²) in [5.74, 6) is -2.00. The maximum atomic E-state index is 13.9. The number of aromatic nitrogens is 4. The Kier molecular flexibility index (Phi) is 15.0. The highest BCUT2D eigenvalue weighted by atomic mass is 79.9. The second-order valence-electron chi connectivity index (χ2n) is 14.2. The van der Waals surface area contributed by atoms with E-state index < -0.39 is 79.0 Å². The van der Waals surface area contributed by atoms with Crippen LogP contribution in [0.4, 0.5) is 31.1 Å². The Hall–Kier alpha value is -4.60. The highest BCUT2D eigenvalue weighted by Gasteiger charge is 2.52. The van der Waals surface area contributed by atoms with E-state index in [0.29, 0.717) is 15.1 Å². The fourth-order valence-corrected chi connectivity index (χ4v) is 7.17. The number of rotatable bonds is 5. The van der Waals surface area contributed by atoms with Crippen molar-refractivity contribution < 1.29 is 50.3 Å². The molecule has 59 heavy (non-hydrogen) atoms. The molecule has 0 radical (unpaired) electrons. The number of halogens is 9. The van der Waals surface area contributed by atoms with Gasteiger partial charge in [-0.3, -0.25) is 19.7 Å². The van der Waals surface area contributed by atoms with Crippen LogP contribution < -0.4 is 10.6 Å². The predicted molar refractivity (Wildman–Crippen MR) is 206 cm³/mol. The van der Waals surface area contributed by atoms with Crippen LogP contribution in [0.25, 0.3) is 11.4 Å². The van der Waals surface area contributed by atoms with E-state index in [1.165, 1.54) is 31.3 Å². The van der Waals surface area contributed by atoms with Gasteiger partial charge < -0.3 is 24.8 Å². The van der Waals surface area contributed by atoms with Crippen LogP contribution in [0.1, 0.15) is 61.4 Å².